The highest BCUT2D eigenvalue weighted by Gasteiger charge is 2.12. The minimum atomic E-state index is 0.478. The second kappa shape index (κ2) is 12.8. The van der Waals surface area contributed by atoms with Gasteiger partial charge in [0, 0.05) is 48.0 Å². The van der Waals surface area contributed by atoms with Gasteiger partial charge in [-0.3, -0.25) is 4.99 Å². The summed E-state index contributed by atoms with van der Waals surface area (Å²) in [5.74, 6) is 6.94. The third kappa shape index (κ3) is 8.47. The maximum absolute atomic E-state index is 6.04. The van der Waals surface area contributed by atoms with Gasteiger partial charge in [0.25, 0.3) is 0 Å². The molecule has 164 valence electrons. The Balaban J connectivity index is 3.13. The van der Waals surface area contributed by atoms with Crippen molar-refractivity contribution in [3.63, 3.8) is 0 Å². The Bertz CT molecular complexity index is 996. The first-order valence-electron chi connectivity index (χ1n) is 10.0. The number of hydrogen-bond acceptors (Lipinski definition) is 3. The number of rotatable bonds is 8. The molecule has 0 aromatic heterocycles. The molecule has 0 fully saturated rings. The van der Waals surface area contributed by atoms with Crippen LogP contribution < -0.4 is 0 Å². The minimum Gasteiger partial charge on any atom is -0.439 e. The number of aliphatic imine (C=N–C) groups is 1. The van der Waals surface area contributed by atoms with E-state index in [1.165, 1.54) is 5.56 Å². The maximum atomic E-state index is 6.04. The molecule has 0 aliphatic rings. The number of ether oxygens (including phenoxy) is 1. The van der Waals surface area contributed by atoms with Crippen molar-refractivity contribution < 1.29 is 4.74 Å². The highest BCUT2D eigenvalue weighted by molar-refractivity contribution is 9.12. The van der Waals surface area contributed by atoms with Gasteiger partial charge in [-0.2, -0.15) is 0 Å². The van der Waals surface area contributed by atoms with Gasteiger partial charge in [-0.05, 0) is 62.2 Å². The van der Waals surface area contributed by atoms with Gasteiger partial charge >= 0.3 is 0 Å². The zero-order valence-electron chi connectivity index (χ0n) is 19.8. The van der Waals surface area contributed by atoms with E-state index in [4.69, 9.17) is 4.74 Å². The zero-order valence-corrected chi connectivity index (χ0v) is 21.4. The van der Waals surface area contributed by atoms with Crippen LogP contribution in [-0.2, 0) is 4.74 Å². The summed E-state index contributed by atoms with van der Waals surface area (Å²) < 4.78 is 7.06. The molecule has 1 rings (SSSR count). The van der Waals surface area contributed by atoms with E-state index in [0.29, 0.717) is 11.7 Å². The van der Waals surface area contributed by atoms with Crippen LogP contribution in [-0.4, -0.2) is 31.4 Å². The second-order valence-electron chi connectivity index (χ2n) is 7.44. The van der Waals surface area contributed by atoms with Crippen LogP contribution in [0, 0.1) is 18.8 Å². The summed E-state index contributed by atoms with van der Waals surface area (Å²) in [5, 5.41) is 0. The Labute approximate surface area is 196 Å². The largest absolute Gasteiger partial charge is 0.439 e. The van der Waals surface area contributed by atoms with Crippen LogP contribution in [0.5, 0.6) is 0 Å². The molecular formula is C27H33BrN2O. The zero-order chi connectivity index (χ0) is 23.6. The molecule has 0 heterocycles. The van der Waals surface area contributed by atoms with Gasteiger partial charge < -0.3 is 9.64 Å². The summed E-state index contributed by atoms with van der Waals surface area (Å²) in [4.78, 5) is 6.52. The number of nitrogens with zero attached hydrogens (tertiary/aromatic N) is 2. The molecule has 0 N–H and O–H groups in total. The smallest absolute Gasteiger partial charge is 0.222 e. The average Bonchev–Trinajstić information content (AvgIpc) is 2.73. The molecule has 0 bridgehead atoms. The third-order valence-electron chi connectivity index (χ3n) is 4.57. The van der Waals surface area contributed by atoms with Gasteiger partial charge in [-0.15, -0.1) is 5.92 Å². The topological polar surface area (TPSA) is 24.8 Å². The number of aryl methyl sites for hydroxylation is 1. The van der Waals surface area contributed by atoms with Crippen LogP contribution in [0.1, 0.15) is 38.8 Å². The maximum Gasteiger partial charge on any atom is 0.222 e. The lowest BCUT2D eigenvalue weighted by molar-refractivity contribution is 0.453. The van der Waals surface area contributed by atoms with Gasteiger partial charge in [-0.1, -0.05) is 54.5 Å². The van der Waals surface area contributed by atoms with Crippen molar-refractivity contribution in [2.24, 2.45) is 4.99 Å². The van der Waals surface area contributed by atoms with Crippen LogP contribution in [0.4, 0.5) is 0 Å². The van der Waals surface area contributed by atoms with Crippen LogP contribution >= 0.6 is 15.9 Å². The molecule has 0 unspecified atom stereocenters. The Morgan fingerprint density at radius 2 is 1.81 bits per heavy atom. The fraction of sp³-hybridized carbons (Fsp3) is 0.296. The summed E-state index contributed by atoms with van der Waals surface area (Å²) in [6.45, 7) is 18.8. The predicted octanol–water partition coefficient (Wildman–Crippen LogP) is 7.04. The molecule has 0 aliphatic carbocycles. The summed E-state index contributed by atoms with van der Waals surface area (Å²) >= 11 is 3.61. The van der Waals surface area contributed by atoms with E-state index in [-0.39, 0.29) is 0 Å². The van der Waals surface area contributed by atoms with Crippen LogP contribution in [0.3, 0.4) is 0 Å². The lowest BCUT2D eigenvalue weighted by Gasteiger charge is -2.22. The van der Waals surface area contributed by atoms with E-state index in [9.17, 15) is 0 Å². The minimum absolute atomic E-state index is 0.478. The van der Waals surface area contributed by atoms with Gasteiger partial charge in [0.05, 0.1) is 0 Å². The summed E-state index contributed by atoms with van der Waals surface area (Å²) in [5.41, 5.74) is 6.15. The second-order valence-corrected chi connectivity index (χ2v) is 8.23. The predicted molar refractivity (Wildman–Crippen MR) is 139 cm³/mol. The Morgan fingerprint density at radius 1 is 1.19 bits per heavy atom. The van der Waals surface area contributed by atoms with Gasteiger partial charge in [0.15, 0.2) is 0 Å². The summed E-state index contributed by atoms with van der Waals surface area (Å²) in [7, 11) is 3.76. The SMILES string of the molecule is C=C(C)/C(Br)=C(/C)N(C)C/C(C)=C/C(=C\C#CC)C(=NC)OC(=C)c1ccc(C)cc1. The summed E-state index contributed by atoms with van der Waals surface area (Å²) in [6, 6.07) is 8.05. The molecule has 3 nitrogen and oxygen atoms in total. The van der Waals surface area contributed by atoms with Crippen molar-refractivity contribution in [2.75, 3.05) is 20.6 Å². The molecule has 0 radical (unpaired) electrons. The molecule has 4 heteroatoms. The van der Waals surface area contributed by atoms with Crippen molar-refractivity contribution in [1.82, 2.24) is 4.90 Å². The molecule has 0 atom stereocenters. The number of likely N-dealkylation sites (N-methyl/N-ethyl adjacent to an activating group) is 1. The lowest BCUT2D eigenvalue weighted by atomic mass is 10.1. The first kappa shape index (κ1) is 26.3. The first-order valence-corrected chi connectivity index (χ1v) is 10.8. The van der Waals surface area contributed by atoms with Crippen molar-refractivity contribution in [3.8, 4) is 11.8 Å². The number of allylic oxidation sites excluding steroid dienone is 4. The van der Waals surface area contributed by atoms with E-state index >= 15 is 0 Å². The van der Waals surface area contributed by atoms with E-state index in [0.717, 1.165) is 39.0 Å². The Kier molecular flexibility index (Phi) is 10.9. The molecule has 1 aromatic carbocycles. The fourth-order valence-corrected chi connectivity index (χ4v) is 3.05. The Morgan fingerprint density at radius 3 is 2.32 bits per heavy atom. The molecule has 0 spiro atoms. The number of hydrogen-bond donors (Lipinski definition) is 0. The average molecular weight is 481 g/mol. The van der Waals surface area contributed by atoms with E-state index in [1.807, 2.05) is 50.3 Å². The fourth-order valence-electron chi connectivity index (χ4n) is 2.74. The van der Waals surface area contributed by atoms with Gasteiger partial charge in [0.1, 0.15) is 5.76 Å². The highest BCUT2D eigenvalue weighted by Crippen LogP contribution is 2.23. The van der Waals surface area contributed by atoms with Crippen molar-refractivity contribution in [1.29, 1.82) is 0 Å². The van der Waals surface area contributed by atoms with Gasteiger partial charge in [-0.25, -0.2) is 0 Å². The van der Waals surface area contributed by atoms with E-state index < -0.39 is 0 Å². The summed E-state index contributed by atoms with van der Waals surface area (Å²) in [6.07, 6.45) is 3.87. The van der Waals surface area contributed by atoms with Crippen LogP contribution in [0.25, 0.3) is 5.76 Å². The molecular weight excluding hydrogens is 448 g/mol. The molecule has 0 saturated heterocycles. The Hall–Kier alpha value is -2.77. The van der Waals surface area contributed by atoms with Crippen LogP contribution in [0.15, 0.2) is 81.5 Å². The van der Waals surface area contributed by atoms with Crippen molar-refractivity contribution in [3.05, 3.63) is 87.6 Å². The van der Waals surface area contributed by atoms with E-state index in [2.05, 4.69) is 71.7 Å². The lowest BCUT2D eigenvalue weighted by Crippen LogP contribution is -2.19. The quantitative estimate of drug-likeness (QED) is 0.131. The molecule has 0 saturated carbocycles. The van der Waals surface area contributed by atoms with Crippen molar-refractivity contribution >= 4 is 27.6 Å². The van der Waals surface area contributed by atoms with Gasteiger partial charge in [0.2, 0.25) is 5.90 Å². The molecule has 31 heavy (non-hydrogen) atoms. The standard InChI is InChI=1S/C27H33BrN2O/c1-10-11-12-25(17-21(5)18-30(9)22(6)26(28)19(2)3)27(29-8)31-23(7)24-15-13-20(4)14-16-24/h12-17H,2,7,18H2,1,3-6,8-9H3/b21-17+,25-12+,26-22+,29-27?. The highest BCUT2D eigenvalue weighted by atomic mass is 79.9. The molecule has 0 aliphatic heterocycles. The first-order chi connectivity index (χ1) is 14.6. The normalized spacial score (nSPS) is 13.1. The third-order valence-corrected chi connectivity index (χ3v) is 5.82. The van der Waals surface area contributed by atoms with Crippen molar-refractivity contribution in [2.45, 2.75) is 34.6 Å². The molecule has 1 aromatic rings. The number of halogens is 1. The monoisotopic (exact) mass is 480 g/mol. The van der Waals surface area contributed by atoms with Crippen LogP contribution in [0.2, 0.25) is 0 Å². The number of benzene rings is 1. The van der Waals surface area contributed by atoms with E-state index in [1.54, 1.807) is 14.0 Å². The molecule has 0 amide bonds.